The monoisotopic (exact) mass is 336 g/mol. The highest BCUT2D eigenvalue weighted by Crippen LogP contribution is 2.40. The molecule has 0 aliphatic carbocycles. The van der Waals surface area contributed by atoms with Crippen molar-refractivity contribution in [1.29, 1.82) is 0 Å². The van der Waals surface area contributed by atoms with E-state index in [0.29, 0.717) is 0 Å². The molecule has 0 saturated heterocycles. The number of rotatable bonds is 0. The molecule has 26 heavy (non-hydrogen) atoms. The zero-order chi connectivity index (χ0) is 17.4. The zero-order valence-corrected chi connectivity index (χ0v) is 14.8. The quantitative estimate of drug-likeness (QED) is 0.290. The highest BCUT2D eigenvalue weighted by molar-refractivity contribution is 6.26. The van der Waals surface area contributed by atoms with E-state index in [4.69, 9.17) is 4.98 Å². The Kier molecular flexibility index (Phi) is 2.53. The van der Waals surface area contributed by atoms with Crippen molar-refractivity contribution >= 4 is 32.6 Å². The van der Waals surface area contributed by atoms with E-state index in [1.54, 1.807) is 0 Å². The van der Waals surface area contributed by atoms with Crippen LogP contribution in [0.4, 0.5) is 0 Å². The van der Waals surface area contributed by atoms with Gasteiger partial charge in [0, 0.05) is 22.9 Å². The molecule has 124 valence electrons. The zero-order valence-electron chi connectivity index (χ0n) is 14.8. The standard InChI is InChI=1S/C23H18N3/c1-14-10-11-25-13-26-15(2)24-22-18-7-4-3-6-16(18)17-8-5-9-19(20(25)12-14)21(17)23(22)26/h3-12H,13H2,1-2H3/q+1. The van der Waals surface area contributed by atoms with Crippen LogP contribution in [0.5, 0.6) is 0 Å². The van der Waals surface area contributed by atoms with Gasteiger partial charge in [-0.25, -0.2) is 4.98 Å². The minimum Gasteiger partial charge on any atom is -0.270 e. The molecule has 0 unspecified atom stereocenters. The van der Waals surface area contributed by atoms with E-state index < -0.39 is 0 Å². The molecule has 0 atom stereocenters. The van der Waals surface area contributed by atoms with Gasteiger partial charge in [-0.15, -0.1) is 0 Å². The highest BCUT2D eigenvalue weighted by atomic mass is 15.2. The van der Waals surface area contributed by atoms with Crippen molar-refractivity contribution in [2.45, 2.75) is 20.5 Å². The van der Waals surface area contributed by atoms with Gasteiger partial charge in [0.25, 0.3) is 0 Å². The van der Waals surface area contributed by atoms with Gasteiger partial charge in [-0.1, -0.05) is 36.4 Å². The number of fused-ring (bicyclic) bond motifs is 5. The summed E-state index contributed by atoms with van der Waals surface area (Å²) in [6.07, 6.45) is 2.19. The van der Waals surface area contributed by atoms with Crippen LogP contribution in [0, 0.1) is 13.8 Å². The van der Waals surface area contributed by atoms with Crippen molar-refractivity contribution in [3.05, 3.63) is 72.2 Å². The largest absolute Gasteiger partial charge is 0.270 e. The molecule has 1 aliphatic rings. The molecule has 3 nitrogen and oxygen atoms in total. The molecule has 0 amide bonds. The Labute approximate surface area is 151 Å². The molecule has 3 aromatic carbocycles. The van der Waals surface area contributed by atoms with Gasteiger partial charge in [-0.3, -0.25) is 4.57 Å². The lowest BCUT2D eigenvalue weighted by Crippen LogP contribution is -2.39. The van der Waals surface area contributed by atoms with Crippen LogP contribution in [0.2, 0.25) is 0 Å². The summed E-state index contributed by atoms with van der Waals surface area (Å²) in [6, 6.07) is 19.8. The first-order chi connectivity index (χ1) is 12.7. The van der Waals surface area contributed by atoms with Crippen molar-refractivity contribution in [3.63, 3.8) is 0 Å². The number of pyridine rings is 1. The van der Waals surface area contributed by atoms with Gasteiger partial charge in [-0.05, 0) is 36.2 Å². The lowest BCUT2D eigenvalue weighted by molar-refractivity contribution is -0.690. The molecule has 0 fully saturated rings. The van der Waals surface area contributed by atoms with Gasteiger partial charge in [0.05, 0.1) is 16.6 Å². The summed E-state index contributed by atoms with van der Waals surface area (Å²) in [5, 5.41) is 5.14. The molecule has 0 N–H and O–H groups in total. The summed E-state index contributed by atoms with van der Waals surface area (Å²) in [5.74, 6) is 1.06. The molecule has 6 rings (SSSR count). The van der Waals surface area contributed by atoms with Crippen molar-refractivity contribution in [3.8, 4) is 11.3 Å². The summed E-state index contributed by atoms with van der Waals surface area (Å²) in [5.41, 5.74) is 6.22. The maximum atomic E-state index is 4.98. The number of hydrogen-bond acceptors (Lipinski definition) is 1. The maximum Gasteiger partial charge on any atom is 0.229 e. The third-order valence-electron chi connectivity index (χ3n) is 5.69. The minimum absolute atomic E-state index is 0.792. The van der Waals surface area contributed by atoms with Gasteiger partial charge in [-0.2, -0.15) is 4.57 Å². The average molecular weight is 336 g/mol. The van der Waals surface area contributed by atoms with Crippen molar-refractivity contribution in [2.75, 3.05) is 0 Å². The van der Waals surface area contributed by atoms with Crippen LogP contribution < -0.4 is 4.57 Å². The predicted molar refractivity (Wildman–Crippen MR) is 105 cm³/mol. The first-order valence-electron chi connectivity index (χ1n) is 9.03. The van der Waals surface area contributed by atoms with E-state index >= 15 is 0 Å². The minimum atomic E-state index is 0.792. The van der Waals surface area contributed by atoms with Gasteiger partial charge in [0.1, 0.15) is 5.82 Å². The average Bonchev–Trinajstić information content (AvgIpc) is 2.91. The topological polar surface area (TPSA) is 21.7 Å². The number of hydrogen-bond donors (Lipinski definition) is 0. The summed E-state index contributed by atoms with van der Waals surface area (Å²) < 4.78 is 4.69. The second-order valence-electron chi connectivity index (χ2n) is 7.26. The molecule has 2 aromatic heterocycles. The van der Waals surface area contributed by atoms with Crippen LogP contribution in [0.15, 0.2) is 60.8 Å². The van der Waals surface area contributed by atoms with Crippen LogP contribution in [0.25, 0.3) is 43.8 Å². The van der Waals surface area contributed by atoms with Crippen LogP contribution >= 0.6 is 0 Å². The third-order valence-corrected chi connectivity index (χ3v) is 5.69. The fourth-order valence-corrected chi connectivity index (χ4v) is 4.49. The molecule has 3 heteroatoms. The molecule has 0 saturated carbocycles. The van der Waals surface area contributed by atoms with Crippen LogP contribution in [-0.2, 0) is 6.67 Å². The molecular formula is C23H18N3+. The molecular weight excluding hydrogens is 318 g/mol. The maximum absolute atomic E-state index is 4.98. The van der Waals surface area contributed by atoms with Crippen molar-refractivity contribution in [2.24, 2.45) is 0 Å². The van der Waals surface area contributed by atoms with Gasteiger partial charge >= 0.3 is 0 Å². The van der Waals surface area contributed by atoms with Crippen LogP contribution in [-0.4, -0.2) is 9.55 Å². The molecule has 1 aliphatic heterocycles. The number of aryl methyl sites for hydroxylation is 2. The Morgan fingerprint density at radius 1 is 0.923 bits per heavy atom. The van der Waals surface area contributed by atoms with Gasteiger partial charge in [0.2, 0.25) is 12.4 Å². The molecule has 0 spiro atoms. The SMILES string of the molecule is Cc1cc[n+]2c(c1)-c1cccc3c4ccccc4c4nc(C)n(c4c13)C2. The Balaban J connectivity index is 1.98. The van der Waals surface area contributed by atoms with Gasteiger partial charge < -0.3 is 0 Å². The summed E-state index contributed by atoms with van der Waals surface area (Å²) in [4.78, 5) is 4.98. The van der Waals surface area contributed by atoms with Crippen LogP contribution in [0.3, 0.4) is 0 Å². The lowest BCUT2D eigenvalue weighted by atomic mass is 9.95. The Hall–Kier alpha value is -3.20. The van der Waals surface area contributed by atoms with E-state index in [1.807, 2.05) is 0 Å². The molecule has 0 radical (unpaired) electrons. The normalized spacial score (nSPS) is 12.8. The van der Waals surface area contributed by atoms with Crippen LogP contribution in [0.1, 0.15) is 11.4 Å². The number of imidazole rings is 1. The van der Waals surface area contributed by atoms with E-state index in [-0.39, 0.29) is 0 Å². The second-order valence-corrected chi connectivity index (χ2v) is 7.26. The van der Waals surface area contributed by atoms with E-state index in [9.17, 15) is 0 Å². The fourth-order valence-electron chi connectivity index (χ4n) is 4.49. The first-order valence-corrected chi connectivity index (χ1v) is 9.03. The lowest BCUT2D eigenvalue weighted by Gasteiger charge is -2.09. The number of nitrogens with zero attached hydrogens (tertiary/aromatic N) is 3. The second kappa shape index (κ2) is 4.70. The van der Waals surface area contributed by atoms with Crippen molar-refractivity contribution in [1.82, 2.24) is 9.55 Å². The Bertz CT molecular complexity index is 1380. The smallest absolute Gasteiger partial charge is 0.229 e. The highest BCUT2D eigenvalue weighted by Gasteiger charge is 2.26. The summed E-state index contributed by atoms with van der Waals surface area (Å²) in [6.45, 7) is 5.07. The summed E-state index contributed by atoms with van der Waals surface area (Å²) >= 11 is 0. The van der Waals surface area contributed by atoms with Crippen molar-refractivity contribution < 1.29 is 4.57 Å². The van der Waals surface area contributed by atoms with E-state index in [0.717, 1.165) is 18.0 Å². The molecule has 5 aromatic rings. The van der Waals surface area contributed by atoms with E-state index in [2.05, 4.69) is 83.8 Å². The molecule has 0 bridgehead atoms. The summed E-state index contributed by atoms with van der Waals surface area (Å²) in [7, 11) is 0. The Morgan fingerprint density at radius 2 is 1.73 bits per heavy atom. The van der Waals surface area contributed by atoms with Gasteiger partial charge in [0.15, 0.2) is 6.20 Å². The molecule has 3 heterocycles. The first kappa shape index (κ1) is 14.0. The fraction of sp³-hybridized carbons (Fsp3) is 0.130. The predicted octanol–water partition coefficient (Wildman–Crippen LogP) is 4.73. The number of aromatic nitrogens is 3. The van der Waals surface area contributed by atoms with E-state index in [1.165, 1.54) is 43.9 Å². The Morgan fingerprint density at radius 3 is 2.62 bits per heavy atom. The number of benzene rings is 3. The third kappa shape index (κ3) is 1.63.